The molecule has 15 heavy (non-hydrogen) atoms. The maximum atomic E-state index is 13.7. The van der Waals surface area contributed by atoms with Crippen LogP contribution in [-0.4, -0.2) is 0 Å². The Hall–Kier alpha value is -1.05. The van der Waals surface area contributed by atoms with Crippen molar-refractivity contribution in [1.29, 1.82) is 0 Å². The van der Waals surface area contributed by atoms with E-state index in [1.165, 1.54) is 25.3 Å². The molecule has 2 atom stereocenters. The van der Waals surface area contributed by atoms with Crippen molar-refractivity contribution in [1.82, 2.24) is 0 Å². The van der Waals surface area contributed by atoms with Gasteiger partial charge in [0.25, 0.3) is 0 Å². The standard InChI is InChI=1S/C13H18FN/c1-9-4-2-3-5-11(9)12-7-6-10(15)8-13(12)14/h6-9,11H,2-5,15H2,1H3/t9-,11+/m1/s1. The topological polar surface area (TPSA) is 26.0 Å². The minimum atomic E-state index is -0.131. The highest BCUT2D eigenvalue weighted by Crippen LogP contribution is 2.38. The highest BCUT2D eigenvalue weighted by Gasteiger charge is 2.24. The number of hydrogen-bond acceptors (Lipinski definition) is 1. The fraction of sp³-hybridized carbons (Fsp3) is 0.538. The average Bonchev–Trinajstić information content (AvgIpc) is 2.20. The SMILES string of the molecule is C[C@@H]1CCCC[C@@H]1c1ccc(N)cc1F. The van der Waals surface area contributed by atoms with Gasteiger partial charge < -0.3 is 5.73 Å². The van der Waals surface area contributed by atoms with E-state index in [0.717, 1.165) is 12.0 Å². The smallest absolute Gasteiger partial charge is 0.128 e. The molecule has 1 aliphatic carbocycles. The number of hydrogen-bond donors (Lipinski definition) is 1. The Morgan fingerprint density at radius 2 is 2.00 bits per heavy atom. The van der Waals surface area contributed by atoms with Gasteiger partial charge in [-0.05, 0) is 36.0 Å². The molecule has 0 heterocycles. The quantitative estimate of drug-likeness (QED) is 0.698. The lowest BCUT2D eigenvalue weighted by Crippen LogP contribution is -2.16. The Kier molecular flexibility index (Phi) is 2.94. The summed E-state index contributed by atoms with van der Waals surface area (Å²) in [6.07, 6.45) is 4.84. The lowest BCUT2D eigenvalue weighted by molar-refractivity contribution is 0.323. The van der Waals surface area contributed by atoms with Crippen LogP contribution in [0.3, 0.4) is 0 Å². The van der Waals surface area contributed by atoms with Crippen LogP contribution in [-0.2, 0) is 0 Å². The second kappa shape index (κ2) is 4.21. The molecule has 1 aromatic carbocycles. The van der Waals surface area contributed by atoms with E-state index in [1.54, 1.807) is 6.07 Å². The Labute approximate surface area is 90.5 Å². The molecule has 0 amide bonds. The minimum absolute atomic E-state index is 0.131. The maximum absolute atomic E-state index is 13.7. The molecule has 0 aromatic heterocycles. The molecular formula is C13H18FN. The van der Waals surface area contributed by atoms with Crippen LogP contribution >= 0.6 is 0 Å². The summed E-state index contributed by atoms with van der Waals surface area (Å²) in [4.78, 5) is 0. The van der Waals surface area contributed by atoms with Gasteiger partial charge in [-0.1, -0.05) is 32.3 Å². The molecule has 0 spiro atoms. The molecular weight excluding hydrogens is 189 g/mol. The molecule has 0 radical (unpaired) electrons. The predicted octanol–water partition coefficient (Wildman–Crippen LogP) is 3.70. The van der Waals surface area contributed by atoms with Crippen LogP contribution < -0.4 is 5.73 Å². The van der Waals surface area contributed by atoms with Crippen LogP contribution in [0.2, 0.25) is 0 Å². The summed E-state index contributed by atoms with van der Waals surface area (Å²) in [6, 6.07) is 5.10. The van der Waals surface area contributed by atoms with Crippen molar-refractivity contribution < 1.29 is 4.39 Å². The van der Waals surface area contributed by atoms with Gasteiger partial charge in [0.15, 0.2) is 0 Å². The first-order valence-electron chi connectivity index (χ1n) is 5.73. The van der Waals surface area contributed by atoms with Crippen LogP contribution in [0, 0.1) is 11.7 Å². The number of rotatable bonds is 1. The first kappa shape index (κ1) is 10.5. The van der Waals surface area contributed by atoms with Gasteiger partial charge in [-0.2, -0.15) is 0 Å². The zero-order valence-electron chi connectivity index (χ0n) is 9.17. The van der Waals surface area contributed by atoms with E-state index in [-0.39, 0.29) is 5.82 Å². The predicted molar refractivity (Wildman–Crippen MR) is 61.2 cm³/mol. The largest absolute Gasteiger partial charge is 0.399 e. The van der Waals surface area contributed by atoms with E-state index in [2.05, 4.69) is 6.92 Å². The minimum Gasteiger partial charge on any atom is -0.399 e. The highest BCUT2D eigenvalue weighted by atomic mass is 19.1. The normalized spacial score (nSPS) is 26.5. The summed E-state index contributed by atoms with van der Waals surface area (Å²) in [5.74, 6) is 0.852. The van der Waals surface area contributed by atoms with E-state index in [0.29, 0.717) is 17.5 Å². The van der Waals surface area contributed by atoms with E-state index in [4.69, 9.17) is 5.73 Å². The number of benzene rings is 1. The van der Waals surface area contributed by atoms with Gasteiger partial charge in [-0.25, -0.2) is 4.39 Å². The number of nitrogen functional groups attached to an aromatic ring is 1. The molecule has 1 saturated carbocycles. The Balaban J connectivity index is 2.27. The molecule has 82 valence electrons. The van der Waals surface area contributed by atoms with Gasteiger partial charge in [0, 0.05) is 5.69 Å². The van der Waals surface area contributed by atoms with Gasteiger partial charge >= 0.3 is 0 Å². The first-order valence-corrected chi connectivity index (χ1v) is 5.73. The third-order valence-corrected chi connectivity index (χ3v) is 3.54. The zero-order valence-corrected chi connectivity index (χ0v) is 9.17. The molecule has 1 nitrogen and oxygen atoms in total. The van der Waals surface area contributed by atoms with Crippen molar-refractivity contribution >= 4 is 5.69 Å². The molecule has 1 aromatic rings. The van der Waals surface area contributed by atoms with E-state index >= 15 is 0 Å². The van der Waals surface area contributed by atoms with Crippen molar-refractivity contribution in [3.8, 4) is 0 Å². The molecule has 0 bridgehead atoms. The fourth-order valence-corrected chi connectivity index (χ4v) is 2.62. The van der Waals surface area contributed by atoms with Crippen LogP contribution in [0.25, 0.3) is 0 Å². The summed E-state index contributed by atoms with van der Waals surface area (Å²) >= 11 is 0. The third-order valence-electron chi connectivity index (χ3n) is 3.54. The third kappa shape index (κ3) is 2.14. The van der Waals surface area contributed by atoms with Crippen molar-refractivity contribution in [2.45, 2.75) is 38.5 Å². The summed E-state index contributed by atoms with van der Waals surface area (Å²) < 4.78 is 13.7. The molecule has 1 aliphatic rings. The number of anilines is 1. The van der Waals surface area contributed by atoms with E-state index in [9.17, 15) is 4.39 Å². The number of nitrogens with two attached hydrogens (primary N) is 1. The summed E-state index contributed by atoms with van der Waals surface area (Å²) in [7, 11) is 0. The molecule has 0 unspecified atom stereocenters. The second-order valence-electron chi connectivity index (χ2n) is 4.65. The maximum Gasteiger partial charge on any atom is 0.128 e. The molecule has 0 saturated heterocycles. The average molecular weight is 207 g/mol. The first-order chi connectivity index (χ1) is 7.18. The Bertz CT molecular complexity index is 348. The Morgan fingerprint density at radius 3 is 2.67 bits per heavy atom. The van der Waals surface area contributed by atoms with Gasteiger partial charge in [-0.3, -0.25) is 0 Å². The molecule has 0 aliphatic heterocycles. The summed E-state index contributed by atoms with van der Waals surface area (Å²) in [6.45, 7) is 2.22. The Morgan fingerprint density at radius 1 is 1.27 bits per heavy atom. The molecule has 1 fully saturated rings. The van der Waals surface area contributed by atoms with Gasteiger partial charge in [0.05, 0.1) is 0 Å². The van der Waals surface area contributed by atoms with Crippen molar-refractivity contribution in [2.24, 2.45) is 5.92 Å². The van der Waals surface area contributed by atoms with E-state index in [1.807, 2.05) is 6.07 Å². The fourth-order valence-electron chi connectivity index (χ4n) is 2.62. The highest BCUT2D eigenvalue weighted by molar-refractivity contribution is 5.41. The number of halogens is 1. The lowest BCUT2D eigenvalue weighted by Gasteiger charge is -2.29. The van der Waals surface area contributed by atoms with Crippen molar-refractivity contribution in [3.63, 3.8) is 0 Å². The van der Waals surface area contributed by atoms with Crippen LogP contribution in [0.5, 0.6) is 0 Å². The molecule has 2 N–H and O–H groups in total. The van der Waals surface area contributed by atoms with Crippen LogP contribution in [0.4, 0.5) is 10.1 Å². The zero-order chi connectivity index (χ0) is 10.8. The summed E-state index contributed by atoms with van der Waals surface area (Å²) in [5, 5.41) is 0. The van der Waals surface area contributed by atoms with E-state index < -0.39 is 0 Å². The summed E-state index contributed by atoms with van der Waals surface area (Å²) in [5.41, 5.74) is 6.92. The monoisotopic (exact) mass is 207 g/mol. The second-order valence-corrected chi connectivity index (χ2v) is 4.65. The van der Waals surface area contributed by atoms with Crippen LogP contribution in [0.15, 0.2) is 18.2 Å². The molecule has 2 rings (SSSR count). The lowest BCUT2D eigenvalue weighted by atomic mass is 9.76. The van der Waals surface area contributed by atoms with Crippen LogP contribution in [0.1, 0.15) is 44.1 Å². The van der Waals surface area contributed by atoms with Gasteiger partial charge in [0.2, 0.25) is 0 Å². The molecule has 2 heteroatoms. The van der Waals surface area contributed by atoms with Crippen molar-refractivity contribution in [3.05, 3.63) is 29.6 Å². The van der Waals surface area contributed by atoms with Gasteiger partial charge in [0.1, 0.15) is 5.82 Å². The van der Waals surface area contributed by atoms with Crippen molar-refractivity contribution in [2.75, 3.05) is 5.73 Å². The van der Waals surface area contributed by atoms with Gasteiger partial charge in [-0.15, -0.1) is 0 Å².